The summed E-state index contributed by atoms with van der Waals surface area (Å²) >= 11 is 0. The van der Waals surface area contributed by atoms with Crippen molar-refractivity contribution in [3.8, 4) is 0 Å². The van der Waals surface area contributed by atoms with Crippen LogP contribution in [-0.2, 0) is 6.18 Å². The van der Waals surface area contributed by atoms with Gasteiger partial charge < -0.3 is 9.73 Å². The number of carbonyl (C=O) groups is 1. The Morgan fingerprint density at radius 2 is 1.71 bits per heavy atom. The van der Waals surface area contributed by atoms with E-state index >= 15 is 0 Å². The van der Waals surface area contributed by atoms with Gasteiger partial charge in [0.25, 0.3) is 5.91 Å². The maximum absolute atomic E-state index is 13.7. The highest BCUT2D eigenvalue weighted by atomic mass is 19.4. The summed E-state index contributed by atoms with van der Waals surface area (Å²) < 4.78 is 72.8. The van der Waals surface area contributed by atoms with Gasteiger partial charge in [-0.1, -0.05) is 24.3 Å². The number of nitrogens with one attached hydrogen (secondary N) is 1. The van der Waals surface area contributed by atoms with E-state index in [0.29, 0.717) is 0 Å². The molecule has 10 heteroatoms. The Hall–Kier alpha value is -3.82. The van der Waals surface area contributed by atoms with Crippen molar-refractivity contribution in [2.75, 3.05) is 0 Å². The first-order valence-corrected chi connectivity index (χ1v) is 8.69. The number of hydrogen-bond acceptors (Lipinski definition) is 4. The zero-order valence-electron chi connectivity index (χ0n) is 15.9. The number of rotatable bonds is 4. The molecule has 3 aromatic rings. The molecule has 31 heavy (non-hydrogen) atoms. The SMILES string of the molecule is C=N/C(=C\N=C(/C)NC(=O)c1c(F)cccc1F)c1c(C(F)(F)F)oc2ccccc12. The van der Waals surface area contributed by atoms with E-state index in [4.69, 9.17) is 4.42 Å². The molecular formula is C21H14F5N3O2. The van der Waals surface area contributed by atoms with E-state index in [1.807, 2.05) is 0 Å². The molecule has 0 aliphatic carbocycles. The summed E-state index contributed by atoms with van der Waals surface area (Å²) in [7, 11) is 0. The molecule has 1 aromatic heterocycles. The molecule has 0 aliphatic heterocycles. The lowest BCUT2D eigenvalue weighted by Gasteiger charge is -2.07. The number of halogens is 5. The fraction of sp³-hybridized carbons (Fsp3) is 0.0952. The number of carbonyl (C=O) groups excluding carboxylic acids is 1. The average Bonchev–Trinajstić information content (AvgIpc) is 3.08. The van der Waals surface area contributed by atoms with Gasteiger partial charge in [-0.15, -0.1) is 0 Å². The lowest BCUT2D eigenvalue weighted by Crippen LogP contribution is -2.29. The van der Waals surface area contributed by atoms with Crippen LogP contribution in [0.1, 0.15) is 28.6 Å². The number of aliphatic imine (C=N–C) groups is 2. The highest BCUT2D eigenvalue weighted by Gasteiger charge is 2.40. The van der Waals surface area contributed by atoms with E-state index in [1.54, 1.807) is 0 Å². The quantitative estimate of drug-likeness (QED) is 0.330. The Morgan fingerprint density at radius 3 is 2.32 bits per heavy atom. The highest BCUT2D eigenvalue weighted by Crippen LogP contribution is 2.41. The van der Waals surface area contributed by atoms with E-state index in [9.17, 15) is 26.7 Å². The summed E-state index contributed by atoms with van der Waals surface area (Å²) in [5, 5.41) is 2.30. The van der Waals surface area contributed by atoms with Gasteiger partial charge in [0.15, 0.2) is 0 Å². The van der Waals surface area contributed by atoms with E-state index in [-0.39, 0.29) is 28.1 Å². The second-order valence-electron chi connectivity index (χ2n) is 6.24. The molecule has 0 bridgehead atoms. The summed E-state index contributed by atoms with van der Waals surface area (Å²) in [6, 6.07) is 8.74. The van der Waals surface area contributed by atoms with E-state index in [2.05, 4.69) is 22.0 Å². The normalized spacial score (nSPS) is 12.8. The van der Waals surface area contributed by atoms with Gasteiger partial charge >= 0.3 is 6.18 Å². The van der Waals surface area contributed by atoms with Crippen LogP contribution in [0.15, 0.2) is 63.1 Å². The van der Waals surface area contributed by atoms with Crippen molar-refractivity contribution in [2.24, 2.45) is 9.98 Å². The standard InChI is InChI=1S/C21H14F5N3O2/c1-11(29-20(30)18-13(22)7-5-8-14(18)23)28-10-15(27-2)17-12-6-3-4-9-16(12)31-19(17)21(24,25)26/h3-10H,2H2,1H3,(H,28,29,30)/b15-10-. The van der Waals surface area contributed by atoms with Crippen molar-refractivity contribution >= 4 is 35.1 Å². The zero-order valence-corrected chi connectivity index (χ0v) is 15.9. The monoisotopic (exact) mass is 435 g/mol. The molecular weight excluding hydrogens is 421 g/mol. The summed E-state index contributed by atoms with van der Waals surface area (Å²) in [4.78, 5) is 19.6. The van der Waals surface area contributed by atoms with Crippen molar-refractivity contribution in [3.05, 3.63) is 77.2 Å². The molecule has 1 heterocycles. The molecule has 5 nitrogen and oxygen atoms in total. The largest absolute Gasteiger partial charge is 0.451 e. The van der Waals surface area contributed by atoms with Crippen LogP contribution < -0.4 is 5.32 Å². The van der Waals surface area contributed by atoms with Crippen molar-refractivity contribution in [2.45, 2.75) is 13.1 Å². The zero-order chi connectivity index (χ0) is 22.8. The van der Waals surface area contributed by atoms with Crippen molar-refractivity contribution in [3.63, 3.8) is 0 Å². The minimum Gasteiger partial charge on any atom is -0.451 e. The summed E-state index contributed by atoms with van der Waals surface area (Å²) in [5.74, 6) is -4.68. The third kappa shape index (κ3) is 4.52. The molecule has 160 valence electrons. The van der Waals surface area contributed by atoms with Gasteiger partial charge in [0.05, 0.1) is 17.5 Å². The topological polar surface area (TPSA) is 67.0 Å². The van der Waals surface area contributed by atoms with E-state index in [1.165, 1.54) is 31.2 Å². The van der Waals surface area contributed by atoms with Crippen LogP contribution in [0.25, 0.3) is 16.7 Å². The molecule has 1 N–H and O–H groups in total. The number of para-hydroxylation sites is 1. The van der Waals surface area contributed by atoms with Crippen molar-refractivity contribution in [1.82, 2.24) is 5.32 Å². The van der Waals surface area contributed by atoms with Gasteiger partial charge in [-0.25, -0.2) is 13.8 Å². The smallest absolute Gasteiger partial charge is 0.450 e. The van der Waals surface area contributed by atoms with Crippen molar-refractivity contribution < 1.29 is 31.2 Å². The summed E-state index contributed by atoms with van der Waals surface area (Å²) in [5.41, 5.74) is -1.48. The highest BCUT2D eigenvalue weighted by molar-refractivity contribution is 6.06. The molecule has 3 rings (SSSR count). The van der Waals surface area contributed by atoms with E-state index in [0.717, 1.165) is 24.4 Å². The molecule has 0 unspecified atom stereocenters. The molecule has 2 aromatic carbocycles. The van der Waals surface area contributed by atoms with Crippen LogP contribution in [0.2, 0.25) is 0 Å². The number of alkyl halides is 3. The minimum absolute atomic E-state index is 0.0107. The number of fused-ring (bicyclic) bond motifs is 1. The predicted molar refractivity (Wildman–Crippen MR) is 106 cm³/mol. The molecule has 1 amide bonds. The Labute approximate surface area is 172 Å². The van der Waals surface area contributed by atoms with Gasteiger partial charge in [0.2, 0.25) is 5.76 Å². The molecule has 0 atom stereocenters. The fourth-order valence-electron chi connectivity index (χ4n) is 2.82. The molecule has 0 radical (unpaired) electrons. The number of amidine groups is 1. The first-order chi connectivity index (χ1) is 14.6. The Balaban J connectivity index is 1.98. The number of benzene rings is 2. The second-order valence-corrected chi connectivity index (χ2v) is 6.24. The lowest BCUT2D eigenvalue weighted by molar-refractivity contribution is -0.152. The maximum atomic E-state index is 13.7. The maximum Gasteiger partial charge on any atom is 0.450 e. The number of hydrogen-bond donors (Lipinski definition) is 1. The van der Waals surface area contributed by atoms with Crippen LogP contribution in [0.3, 0.4) is 0 Å². The van der Waals surface area contributed by atoms with Crippen LogP contribution in [0.4, 0.5) is 22.0 Å². The Kier molecular flexibility index (Phi) is 6.00. The van der Waals surface area contributed by atoms with Gasteiger partial charge in [0, 0.05) is 5.39 Å². The average molecular weight is 435 g/mol. The first-order valence-electron chi connectivity index (χ1n) is 8.69. The molecule has 0 saturated heterocycles. The predicted octanol–water partition coefficient (Wildman–Crippen LogP) is 5.58. The van der Waals surface area contributed by atoms with Crippen LogP contribution in [-0.4, -0.2) is 18.5 Å². The van der Waals surface area contributed by atoms with Gasteiger partial charge in [-0.3, -0.25) is 9.79 Å². The number of amides is 1. The summed E-state index contributed by atoms with van der Waals surface area (Å²) in [6.45, 7) is 4.56. The first kappa shape index (κ1) is 21.9. The minimum atomic E-state index is -4.81. The fourth-order valence-corrected chi connectivity index (χ4v) is 2.82. The third-order valence-electron chi connectivity index (χ3n) is 4.14. The molecule has 0 spiro atoms. The van der Waals surface area contributed by atoms with Crippen LogP contribution >= 0.6 is 0 Å². The molecule has 0 fully saturated rings. The summed E-state index contributed by atoms with van der Waals surface area (Å²) in [6.07, 6.45) is -3.87. The van der Waals surface area contributed by atoms with Gasteiger partial charge in [-0.05, 0) is 31.8 Å². The number of furan rings is 1. The van der Waals surface area contributed by atoms with Gasteiger partial charge in [0.1, 0.15) is 28.6 Å². The Morgan fingerprint density at radius 1 is 1.06 bits per heavy atom. The molecule has 0 aliphatic rings. The lowest BCUT2D eigenvalue weighted by atomic mass is 10.1. The third-order valence-corrected chi connectivity index (χ3v) is 4.14. The van der Waals surface area contributed by atoms with Gasteiger partial charge in [-0.2, -0.15) is 13.2 Å². The molecule has 0 saturated carbocycles. The van der Waals surface area contributed by atoms with Crippen LogP contribution in [0.5, 0.6) is 0 Å². The second kappa shape index (κ2) is 8.50. The van der Waals surface area contributed by atoms with Crippen LogP contribution in [0, 0.1) is 11.6 Å². The van der Waals surface area contributed by atoms with Crippen molar-refractivity contribution in [1.29, 1.82) is 0 Å². The number of nitrogens with zero attached hydrogens (tertiary/aromatic N) is 2. The van der Waals surface area contributed by atoms with E-state index < -0.39 is 35.0 Å². The Bertz CT molecular complexity index is 1210.